The van der Waals surface area contributed by atoms with Crippen LogP contribution in [-0.2, 0) is 13.0 Å². The Balaban J connectivity index is 2.29. The van der Waals surface area contributed by atoms with Crippen molar-refractivity contribution in [2.24, 2.45) is 0 Å². The minimum absolute atomic E-state index is 0.424. The molecule has 0 bridgehead atoms. The Morgan fingerprint density at radius 1 is 1.25 bits per heavy atom. The number of aliphatic hydroxyl groups excluding tert-OH is 1. The lowest BCUT2D eigenvalue weighted by atomic mass is 10.0. The first-order valence-corrected chi connectivity index (χ1v) is 7.35. The zero-order valence-electron chi connectivity index (χ0n) is 11.8. The van der Waals surface area contributed by atoms with Crippen molar-refractivity contribution in [3.8, 4) is 0 Å². The molecule has 3 nitrogen and oxygen atoms in total. The van der Waals surface area contributed by atoms with Crippen molar-refractivity contribution in [2.45, 2.75) is 39.8 Å². The van der Waals surface area contributed by atoms with Crippen LogP contribution < -0.4 is 0 Å². The minimum atomic E-state index is -0.647. The maximum atomic E-state index is 10.4. The Labute approximate surface area is 129 Å². The van der Waals surface area contributed by atoms with Gasteiger partial charge in [0.25, 0.3) is 0 Å². The van der Waals surface area contributed by atoms with E-state index in [1.165, 1.54) is 0 Å². The molecule has 1 aromatic carbocycles. The predicted molar refractivity (Wildman–Crippen MR) is 82.5 cm³/mol. The Morgan fingerprint density at radius 2 is 1.95 bits per heavy atom. The van der Waals surface area contributed by atoms with Gasteiger partial charge in [-0.05, 0) is 44.0 Å². The number of benzene rings is 1. The maximum absolute atomic E-state index is 10.4. The number of aromatic nitrogens is 2. The molecule has 0 saturated heterocycles. The Bertz CT molecular complexity index is 602. The van der Waals surface area contributed by atoms with Gasteiger partial charge >= 0.3 is 0 Å². The Kier molecular flexibility index (Phi) is 4.74. The number of hydrogen-bond acceptors (Lipinski definition) is 2. The molecule has 2 rings (SSSR count). The van der Waals surface area contributed by atoms with Crippen LogP contribution in [-0.4, -0.2) is 14.9 Å². The first kappa shape index (κ1) is 15.4. The first-order chi connectivity index (χ1) is 9.42. The molecule has 0 radical (unpaired) electrons. The number of nitrogens with zero attached hydrogens (tertiary/aromatic N) is 2. The molecule has 0 fully saturated rings. The monoisotopic (exact) mass is 312 g/mol. The summed E-state index contributed by atoms with van der Waals surface area (Å²) >= 11 is 12.3. The van der Waals surface area contributed by atoms with Crippen molar-refractivity contribution in [1.29, 1.82) is 0 Å². The molecule has 1 heterocycles. The van der Waals surface area contributed by atoms with E-state index in [0.29, 0.717) is 16.5 Å². The number of rotatable bonds is 4. The van der Waals surface area contributed by atoms with Crippen LogP contribution in [0, 0.1) is 13.8 Å². The summed E-state index contributed by atoms with van der Waals surface area (Å²) in [5.41, 5.74) is 3.47. The summed E-state index contributed by atoms with van der Waals surface area (Å²) in [6, 6.07) is 5.59. The quantitative estimate of drug-likeness (QED) is 0.922. The van der Waals surface area contributed by atoms with E-state index in [-0.39, 0.29) is 0 Å². The molecule has 20 heavy (non-hydrogen) atoms. The zero-order chi connectivity index (χ0) is 14.9. The van der Waals surface area contributed by atoms with Gasteiger partial charge in [0.05, 0.1) is 22.5 Å². The lowest BCUT2D eigenvalue weighted by molar-refractivity contribution is 0.175. The van der Waals surface area contributed by atoms with E-state index in [0.717, 1.165) is 29.1 Å². The van der Waals surface area contributed by atoms with Gasteiger partial charge in [0, 0.05) is 18.0 Å². The van der Waals surface area contributed by atoms with Crippen molar-refractivity contribution in [3.63, 3.8) is 0 Å². The summed E-state index contributed by atoms with van der Waals surface area (Å²) in [5, 5.41) is 16.0. The molecule has 2 aromatic rings. The fraction of sp³-hybridized carbons (Fsp3) is 0.400. The standard InChI is InChI=1S/C15H18Cl2N2O/c1-4-19-13(15(17)10(3)18-19)8-14(20)11-5-9(2)6-12(16)7-11/h5-7,14,20H,4,8H2,1-3H3. The van der Waals surface area contributed by atoms with E-state index >= 15 is 0 Å². The molecule has 0 amide bonds. The molecule has 1 atom stereocenters. The molecule has 0 aliphatic carbocycles. The number of hydrogen-bond donors (Lipinski definition) is 1. The third kappa shape index (κ3) is 3.17. The van der Waals surface area contributed by atoms with Gasteiger partial charge in [-0.2, -0.15) is 5.10 Å². The van der Waals surface area contributed by atoms with E-state index in [2.05, 4.69) is 5.10 Å². The van der Waals surface area contributed by atoms with Gasteiger partial charge in [-0.1, -0.05) is 29.3 Å². The van der Waals surface area contributed by atoms with Crippen LogP contribution in [0.5, 0.6) is 0 Å². The second kappa shape index (κ2) is 6.17. The highest BCUT2D eigenvalue weighted by atomic mass is 35.5. The van der Waals surface area contributed by atoms with Gasteiger partial charge < -0.3 is 5.11 Å². The van der Waals surface area contributed by atoms with Crippen LogP contribution in [0.25, 0.3) is 0 Å². The number of halogens is 2. The molecule has 1 aromatic heterocycles. The summed E-state index contributed by atoms with van der Waals surface area (Å²) < 4.78 is 1.83. The summed E-state index contributed by atoms with van der Waals surface area (Å²) in [7, 11) is 0. The SMILES string of the molecule is CCn1nc(C)c(Cl)c1CC(O)c1cc(C)cc(Cl)c1. The number of aryl methyl sites for hydroxylation is 3. The molecule has 1 N–H and O–H groups in total. The zero-order valence-corrected chi connectivity index (χ0v) is 13.3. The van der Waals surface area contributed by atoms with Crippen LogP contribution in [0.3, 0.4) is 0 Å². The predicted octanol–water partition coefficient (Wildman–Crippen LogP) is 4.10. The van der Waals surface area contributed by atoms with E-state index in [1.54, 1.807) is 6.07 Å². The van der Waals surface area contributed by atoms with Crippen molar-refractivity contribution in [3.05, 3.63) is 50.8 Å². The third-order valence-corrected chi connectivity index (χ3v) is 4.00. The Hall–Kier alpha value is -1.03. The second-order valence-electron chi connectivity index (χ2n) is 4.94. The van der Waals surface area contributed by atoms with Crippen LogP contribution in [0.4, 0.5) is 0 Å². The molecule has 0 saturated carbocycles. The fourth-order valence-electron chi connectivity index (χ4n) is 2.32. The Morgan fingerprint density at radius 3 is 2.55 bits per heavy atom. The molecule has 108 valence electrons. The second-order valence-corrected chi connectivity index (χ2v) is 5.76. The maximum Gasteiger partial charge on any atom is 0.0848 e. The minimum Gasteiger partial charge on any atom is -0.388 e. The topological polar surface area (TPSA) is 38.0 Å². The smallest absolute Gasteiger partial charge is 0.0848 e. The average Bonchev–Trinajstić information content (AvgIpc) is 2.65. The van der Waals surface area contributed by atoms with Crippen LogP contribution in [0.15, 0.2) is 18.2 Å². The van der Waals surface area contributed by atoms with E-state index in [1.807, 2.05) is 37.6 Å². The highest BCUT2D eigenvalue weighted by molar-refractivity contribution is 6.32. The van der Waals surface area contributed by atoms with E-state index in [9.17, 15) is 5.11 Å². The summed E-state index contributed by atoms with van der Waals surface area (Å²) in [5.74, 6) is 0. The van der Waals surface area contributed by atoms with Crippen LogP contribution >= 0.6 is 23.2 Å². The van der Waals surface area contributed by atoms with Gasteiger partial charge in [0.1, 0.15) is 0 Å². The average molecular weight is 313 g/mol. The van der Waals surface area contributed by atoms with Crippen molar-refractivity contribution >= 4 is 23.2 Å². The van der Waals surface area contributed by atoms with Gasteiger partial charge in [-0.25, -0.2) is 0 Å². The molecule has 0 aliphatic rings. The summed E-state index contributed by atoms with van der Waals surface area (Å²) in [4.78, 5) is 0. The van der Waals surface area contributed by atoms with Gasteiger partial charge in [0.15, 0.2) is 0 Å². The molecule has 1 unspecified atom stereocenters. The van der Waals surface area contributed by atoms with E-state index in [4.69, 9.17) is 23.2 Å². The van der Waals surface area contributed by atoms with Gasteiger partial charge in [0.2, 0.25) is 0 Å². The largest absolute Gasteiger partial charge is 0.388 e. The fourth-order valence-corrected chi connectivity index (χ4v) is 2.83. The molecule has 0 aliphatic heterocycles. The molecular weight excluding hydrogens is 295 g/mol. The van der Waals surface area contributed by atoms with Gasteiger partial charge in [-0.3, -0.25) is 4.68 Å². The van der Waals surface area contributed by atoms with Crippen molar-refractivity contribution in [1.82, 2.24) is 9.78 Å². The van der Waals surface area contributed by atoms with Crippen LogP contribution in [0.1, 0.15) is 35.5 Å². The van der Waals surface area contributed by atoms with Crippen molar-refractivity contribution in [2.75, 3.05) is 0 Å². The summed E-state index contributed by atoms with van der Waals surface area (Å²) in [6.45, 7) is 6.55. The highest BCUT2D eigenvalue weighted by Crippen LogP contribution is 2.27. The summed E-state index contributed by atoms with van der Waals surface area (Å²) in [6.07, 6.45) is -0.223. The normalized spacial score (nSPS) is 12.7. The molecular formula is C15H18Cl2N2O. The molecule has 5 heteroatoms. The van der Waals surface area contributed by atoms with E-state index < -0.39 is 6.10 Å². The third-order valence-electron chi connectivity index (χ3n) is 3.29. The lowest BCUT2D eigenvalue weighted by Gasteiger charge is -2.13. The lowest BCUT2D eigenvalue weighted by Crippen LogP contribution is -2.09. The molecule has 0 spiro atoms. The van der Waals surface area contributed by atoms with Crippen molar-refractivity contribution < 1.29 is 5.11 Å². The first-order valence-electron chi connectivity index (χ1n) is 6.59. The van der Waals surface area contributed by atoms with Crippen LogP contribution in [0.2, 0.25) is 10.0 Å². The van der Waals surface area contributed by atoms with Gasteiger partial charge in [-0.15, -0.1) is 0 Å². The highest BCUT2D eigenvalue weighted by Gasteiger charge is 2.18. The number of aliphatic hydroxyl groups is 1.